The van der Waals surface area contributed by atoms with Gasteiger partial charge in [-0.25, -0.2) is 0 Å². The van der Waals surface area contributed by atoms with Crippen LogP contribution in [0.25, 0.3) is 0 Å². The second-order valence-electron chi connectivity index (χ2n) is 7.36. The van der Waals surface area contributed by atoms with Crippen LogP contribution in [0.2, 0.25) is 0 Å². The van der Waals surface area contributed by atoms with E-state index in [9.17, 15) is 13.6 Å². The van der Waals surface area contributed by atoms with E-state index in [1.54, 1.807) is 24.1 Å². The average Bonchev–Trinajstić information content (AvgIpc) is 2.78. The zero-order valence-corrected chi connectivity index (χ0v) is 17.5. The lowest BCUT2D eigenvalue weighted by atomic mass is 9.97. The molecule has 0 unspecified atom stereocenters. The fourth-order valence-electron chi connectivity index (χ4n) is 3.46. The van der Waals surface area contributed by atoms with Gasteiger partial charge in [-0.3, -0.25) is 10.1 Å². The Morgan fingerprint density at radius 2 is 1.45 bits per heavy atom. The number of likely N-dealkylation sites (N-methyl/N-ethyl adjacent to an activating group) is 1. The number of ether oxygens (including phenoxy) is 1. The maximum Gasteiger partial charge on any atom is 0.387 e. The summed E-state index contributed by atoms with van der Waals surface area (Å²) < 4.78 is 29.4. The maximum absolute atomic E-state index is 13.0. The van der Waals surface area contributed by atoms with Crippen LogP contribution in [0.4, 0.5) is 8.78 Å². The van der Waals surface area contributed by atoms with Crippen molar-refractivity contribution in [1.29, 1.82) is 0 Å². The van der Waals surface area contributed by atoms with Gasteiger partial charge in [-0.05, 0) is 35.7 Å². The number of halogens is 2. The summed E-state index contributed by atoms with van der Waals surface area (Å²) >= 11 is 0. The van der Waals surface area contributed by atoms with Crippen LogP contribution < -0.4 is 10.1 Å². The number of benzene rings is 3. The maximum atomic E-state index is 13.0. The number of nitrogens with zero attached hydrogens (tertiary/aromatic N) is 1. The number of nitrogens with one attached hydrogen (secondary N) is 1. The molecule has 0 saturated heterocycles. The SMILES string of the molecule is C[C@H](N[C@H](c1ccccc1)c1ccc(OC(F)F)cc1)C(=O)N(C)Cc1ccccc1. The molecule has 0 spiro atoms. The molecule has 0 aliphatic rings. The molecule has 0 aromatic heterocycles. The minimum absolute atomic E-state index is 0.0394. The lowest BCUT2D eigenvalue weighted by Gasteiger charge is -2.27. The van der Waals surface area contributed by atoms with Gasteiger partial charge in [-0.15, -0.1) is 0 Å². The number of carbonyl (C=O) groups excluding carboxylic acids is 1. The van der Waals surface area contributed by atoms with E-state index in [2.05, 4.69) is 10.1 Å². The first-order valence-electron chi connectivity index (χ1n) is 10.1. The van der Waals surface area contributed by atoms with Crippen molar-refractivity contribution in [3.63, 3.8) is 0 Å². The van der Waals surface area contributed by atoms with Crippen molar-refractivity contribution < 1.29 is 18.3 Å². The van der Waals surface area contributed by atoms with Crippen LogP contribution in [0.5, 0.6) is 5.75 Å². The molecule has 31 heavy (non-hydrogen) atoms. The van der Waals surface area contributed by atoms with Gasteiger partial charge < -0.3 is 9.64 Å². The molecule has 0 saturated carbocycles. The Bertz CT molecular complexity index is 950. The molecule has 6 heteroatoms. The van der Waals surface area contributed by atoms with Gasteiger partial charge in [0, 0.05) is 13.6 Å². The van der Waals surface area contributed by atoms with Crippen LogP contribution in [0.3, 0.4) is 0 Å². The molecule has 3 aromatic rings. The molecule has 0 heterocycles. The molecule has 0 aliphatic carbocycles. The summed E-state index contributed by atoms with van der Waals surface area (Å²) in [4.78, 5) is 14.7. The van der Waals surface area contributed by atoms with Crippen LogP contribution in [-0.2, 0) is 11.3 Å². The Labute approximate surface area is 181 Å². The molecular formula is C25H26F2N2O2. The van der Waals surface area contributed by atoms with Crippen LogP contribution in [0.15, 0.2) is 84.9 Å². The quantitative estimate of drug-likeness (QED) is 0.525. The van der Waals surface area contributed by atoms with Crippen LogP contribution in [0, 0.1) is 0 Å². The molecule has 3 aromatic carbocycles. The largest absolute Gasteiger partial charge is 0.435 e. The molecule has 3 rings (SSSR count). The first kappa shape index (κ1) is 22.4. The van der Waals surface area contributed by atoms with E-state index in [1.165, 1.54) is 12.1 Å². The molecule has 2 atom stereocenters. The van der Waals surface area contributed by atoms with Gasteiger partial charge in [0.25, 0.3) is 0 Å². The summed E-state index contributed by atoms with van der Waals surface area (Å²) in [6.45, 7) is -0.526. The molecule has 0 aliphatic heterocycles. The second kappa shape index (κ2) is 10.7. The van der Waals surface area contributed by atoms with E-state index < -0.39 is 12.7 Å². The number of rotatable bonds is 9. The van der Waals surface area contributed by atoms with Crippen LogP contribution in [-0.4, -0.2) is 30.5 Å². The van der Waals surface area contributed by atoms with E-state index in [0.29, 0.717) is 6.54 Å². The molecule has 0 fully saturated rings. The van der Waals surface area contributed by atoms with E-state index in [1.807, 2.05) is 67.6 Å². The third-order valence-electron chi connectivity index (χ3n) is 5.00. The van der Waals surface area contributed by atoms with Crippen LogP contribution >= 0.6 is 0 Å². The monoisotopic (exact) mass is 424 g/mol. The van der Waals surface area contributed by atoms with E-state index >= 15 is 0 Å². The van der Waals surface area contributed by atoms with Gasteiger partial charge in [0.15, 0.2) is 0 Å². The molecule has 0 radical (unpaired) electrons. The van der Waals surface area contributed by atoms with Crippen molar-refractivity contribution in [2.45, 2.75) is 32.2 Å². The summed E-state index contributed by atoms with van der Waals surface area (Å²) in [5, 5.41) is 3.40. The predicted octanol–water partition coefficient (Wildman–Crippen LogP) is 5.01. The molecule has 1 N–H and O–H groups in total. The Balaban J connectivity index is 1.76. The van der Waals surface area contributed by atoms with Crippen molar-refractivity contribution >= 4 is 5.91 Å². The highest BCUT2D eigenvalue weighted by Gasteiger charge is 2.23. The van der Waals surface area contributed by atoms with Crippen molar-refractivity contribution in [2.24, 2.45) is 0 Å². The average molecular weight is 424 g/mol. The highest BCUT2D eigenvalue weighted by atomic mass is 19.3. The van der Waals surface area contributed by atoms with E-state index in [-0.39, 0.29) is 17.7 Å². The number of alkyl halides is 2. The Kier molecular flexibility index (Phi) is 7.73. The summed E-state index contributed by atoms with van der Waals surface area (Å²) in [7, 11) is 1.78. The summed E-state index contributed by atoms with van der Waals surface area (Å²) in [6.07, 6.45) is 0. The smallest absolute Gasteiger partial charge is 0.387 e. The minimum Gasteiger partial charge on any atom is -0.435 e. The highest BCUT2D eigenvalue weighted by Crippen LogP contribution is 2.25. The standard InChI is InChI=1S/C25H26F2N2O2/c1-18(24(30)29(2)17-19-9-5-3-6-10-19)28-23(20-11-7-4-8-12-20)21-13-15-22(16-14-21)31-25(26)27/h3-16,18,23,25,28H,17H2,1-2H3/t18-,23+/m0/s1. The third-order valence-corrected chi connectivity index (χ3v) is 5.00. The fourth-order valence-corrected chi connectivity index (χ4v) is 3.46. The van der Waals surface area contributed by atoms with Crippen molar-refractivity contribution in [3.8, 4) is 5.75 Å². The predicted molar refractivity (Wildman–Crippen MR) is 117 cm³/mol. The molecule has 1 amide bonds. The van der Waals surface area contributed by atoms with E-state index in [0.717, 1.165) is 16.7 Å². The number of carbonyl (C=O) groups is 1. The van der Waals surface area contributed by atoms with Gasteiger partial charge in [-0.2, -0.15) is 8.78 Å². The molecule has 4 nitrogen and oxygen atoms in total. The Morgan fingerprint density at radius 3 is 2.03 bits per heavy atom. The molecule has 162 valence electrons. The Hall–Kier alpha value is -3.25. The number of hydrogen-bond donors (Lipinski definition) is 1. The zero-order valence-electron chi connectivity index (χ0n) is 17.5. The van der Waals surface area contributed by atoms with Crippen molar-refractivity contribution in [2.75, 3.05) is 7.05 Å². The number of hydrogen-bond acceptors (Lipinski definition) is 3. The fraction of sp³-hybridized carbons (Fsp3) is 0.240. The lowest BCUT2D eigenvalue weighted by molar-refractivity contribution is -0.132. The van der Waals surface area contributed by atoms with Gasteiger partial charge in [0.2, 0.25) is 5.91 Å². The third kappa shape index (κ3) is 6.36. The number of amides is 1. The minimum atomic E-state index is -2.87. The first-order chi connectivity index (χ1) is 14.9. The lowest BCUT2D eigenvalue weighted by Crippen LogP contribution is -2.44. The molecular weight excluding hydrogens is 398 g/mol. The van der Waals surface area contributed by atoms with Gasteiger partial charge in [0.1, 0.15) is 5.75 Å². The summed E-state index contributed by atoms with van der Waals surface area (Å²) in [5.74, 6) is 0.0553. The van der Waals surface area contributed by atoms with Crippen LogP contribution in [0.1, 0.15) is 29.7 Å². The topological polar surface area (TPSA) is 41.6 Å². The normalized spacial score (nSPS) is 12.9. The summed E-state index contributed by atoms with van der Waals surface area (Å²) in [6, 6.07) is 25.2. The van der Waals surface area contributed by atoms with Gasteiger partial charge >= 0.3 is 6.61 Å². The van der Waals surface area contributed by atoms with E-state index in [4.69, 9.17) is 0 Å². The first-order valence-corrected chi connectivity index (χ1v) is 10.1. The van der Waals surface area contributed by atoms with Gasteiger partial charge in [0.05, 0.1) is 12.1 Å². The summed E-state index contributed by atoms with van der Waals surface area (Å²) in [5.41, 5.74) is 2.87. The van der Waals surface area contributed by atoms with Crippen molar-refractivity contribution in [1.82, 2.24) is 10.2 Å². The highest BCUT2D eigenvalue weighted by molar-refractivity contribution is 5.81. The van der Waals surface area contributed by atoms with Gasteiger partial charge in [-0.1, -0.05) is 72.8 Å². The second-order valence-corrected chi connectivity index (χ2v) is 7.36. The van der Waals surface area contributed by atoms with Crippen molar-refractivity contribution in [3.05, 3.63) is 102 Å². The molecule has 0 bridgehead atoms. The zero-order chi connectivity index (χ0) is 22.2. The Morgan fingerprint density at radius 1 is 0.903 bits per heavy atom.